The maximum Gasteiger partial charge on any atom is 0.234 e. The van der Waals surface area contributed by atoms with Gasteiger partial charge in [0, 0.05) is 6.04 Å². The summed E-state index contributed by atoms with van der Waals surface area (Å²) in [5, 5.41) is 5.66. The molecule has 0 radical (unpaired) electrons. The highest BCUT2D eigenvalue weighted by molar-refractivity contribution is 7.91. The van der Waals surface area contributed by atoms with Crippen molar-refractivity contribution in [1.82, 2.24) is 10.6 Å². The Morgan fingerprint density at radius 2 is 1.76 bits per heavy atom. The molecule has 0 aliphatic heterocycles. The zero-order chi connectivity index (χ0) is 15.1. The van der Waals surface area contributed by atoms with Gasteiger partial charge >= 0.3 is 0 Å². The van der Waals surface area contributed by atoms with Crippen LogP contribution in [-0.2, 0) is 14.6 Å². The van der Waals surface area contributed by atoms with Gasteiger partial charge in [-0.1, -0.05) is 37.5 Å². The van der Waals surface area contributed by atoms with E-state index in [4.69, 9.17) is 0 Å². The standard InChI is InChI=1S/C15H22N2O3S/c18-15(17-13-7-3-1-4-8-13)11-16-12-21(19,20)14-9-5-2-6-10-14/h2,5-6,9-10,13,16H,1,3-4,7-8,11-12H2,(H,17,18). The minimum Gasteiger partial charge on any atom is -0.352 e. The number of benzene rings is 1. The van der Waals surface area contributed by atoms with Crippen LogP contribution in [0.5, 0.6) is 0 Å². The molecule has 1 amide bonds. The van der Waals surface area contributed by atoms with E-state index < -0.39 is 9.84 Å². The Hall–Kier alpha value is -1.40. The zero-order valence-corrected chi connectivity index (χ0v) is 12.9. The Balaban J connectivity index is 1.74. The number of sulfone groups is 1. The molecule has 1 aromatic carbocycles. The summed E-state index contributed by atoms with van der Waals surface area (Å²) in [5.74, 6) is -0.361. The van der Waals surface area contributed by atoms with Gasteiger partial charge in [-0.3, -0.25) is 10.1 Å². The van der Waals surface area contributed by atoms with Crippen LogP contribution in [0, 0.1) is 0 Å². The average molecular weight is 310 g/mol. The van der Waals surface area contributed by atoms with Gasteiger partial charge in [0.25, 0.3) is 0 Å². The largest absolute Gasteiger partial charge is 0.352 e. The number of nitrogens with one attached hydrogen (secondary N) is 2. The SMILES string of the molecule is O=C(CNCS(=O)(=O)c1ccccc1)NC1CCCCC1. The molecule has 2 N–H and O–H groups in total. The minimum absolute atomic E-state index is 0.0303. The summed E-state index contributed by atoms with van der Waals surface area (Å²) in [7, 11) is -3.38. The predicted molar refractivity (Wildman–Crippen MR) is 81.5 cm³/mol. The van der Waals surface area contributed by atoms with Crippen LogP contribution in [-0.4, -0.2) is 32.8 Å². The molecule has 0 saturated heterocycles. The number of rotatable bonds is 6. The van der Waals surface area contributed by atoms with E-state index in [0.29, 0.717) is 0 Å². The Labute approximate surface area is 126 Å². The first kappa shape index (κ1) is 16.0. The van der Waals surface area contributed by atoms with Crippen LogP contribution < -0.4 is 10.6 Å². The first-order valence-corrected chi connectivity index (χ1v) is 9.01. The van der Waals surface area contributed by atoms with Crippen molar-refractivity contribution in [2.75, 3.05) is 12.4 Å². The van der Waals surface area contributed by atoms with Gasteiger partial charge in [-0.15, -0.1) is 0 Å². The maximum absolute atomic E-state index is 12.0. The molecule has 1 aliphatic rings. The highest BCUT2D eigenvalue weighted by Gasteiger charge is 2.17. The van der Waals surface area contributed by atoms with Gasteiger partial charge in [0.15, 0.2) is 9.84 Å². The van der Waals surface area contributed by atoms with E-state index >= 15 is 0 Å². The van der Waals surface area contributed by atoms with Crippen LogP contribution in [0.4, 0.5) is 0 Å². The van der Waals surface area contributed by atoms with Crippen LogP contribution in [0.1, 0.15) is 32.1 Å². The lowest BCUT2D eigenvalue weighted by Crippen LogP contribution is -2.42. The molecule has 1 fully saturated rings. The van der Waals surface area contributed by atoms with Crippen LogP contribution in [0.2, 0.25) is 0 Å². The summed E-state index contributed by atoms with van der Waals surface area (Å²) in [4.78, 5) is 12.0. The number of carbonyl (C=O) groups is 1. The monoisotopic (exact) mass is 310 g/mol. The van der Waals surface area contributed by atoms with Crippen molar-refractivity contribution >= 4 is 15.7 Å². The molecular weight excluding hydrogens is 288 g/mol. The first-order valence-electron chi connectivity index (χ1n) is 7.36. The second kappa shape index (κ2) is 7.56. The first-order chi connectivity index (χ1) is 10.1. The molecule has 0 aromatic heterocycles. The van der Waals surface area contributed by atoms with Gasteiger partial charge in [-0.05, 0) is 25.0 Å². The molecule has 0 atom stereocenters. The van der Waals surface area contributed by atoms with Crippen LogP contribution in [0.15, 0.2) is 35.2 Å². The number of carbonyl (C=O) groups excluding carboxylic acids is 1. The van der Waals surface area contributed by atoms with Crippen LogP contribution in [0.3, 0.4) is 0 Å². The fraction of sp³-hybridized carbons (Fsp3) is 0.533. The van der Waals surface area contributed by atoms with E-state index in [1.807, 2.05) is 0 Å². The third-order valence-corrected chi connectivity index (χ3v) is 5.22. The molecule has 0 heterocycles. The fourth-order valence-electron chi connectivity index (χ4n) is 2.54. The van der Waals surface area contributed by atoms with Crippen molar-refractivity contribution in [2.45, 2.75) is 43.0 Å². The van der Waals surface area contributed by atoms with Crippen molar-refractivity contribution in [3.05, 3.63) is 30.3 Å². The molecule has 0 spiro atoms. The van der Waals surface area contributed by atoms with Gasteiger partial charge in [0.05, 0.1) is 11.4 Å². The van der Waals surface area contributed by atoms with E-state index in [0.717, 1.165) is 25.7 Å². The van der Waals surface area contributed by atoms with Crippen molar-refractivity contribution < 1.29 is 13.2 Å². The van der Waals surface area contributed by atoms with Crippen molar-refractivity contribution in [3.63, 3.8) is 0 Å². The molecule has 1 aliphatic carbocycles. The summed E-state index contributed by atoms with van der Waals surface area (Å²) in [6, 6.07) is 8.49. The molecule has 116 valence electrons. The highest BCUT2D eigenvalue weighted by Crippen LogP contribution is 2.17. The molecule has 21 heavy (non-hydrogen) atoms. The Morgan fingerprint density at radius 3 is 2.43 bits per heavy atom. The highest BCUT2D eigenvalue weighted by atomic mass is 32.2. The van der Waals surface area contributed by atoms with Crippen LogP contribution >= 0.6 is 0 Å². The lowest BCUT2D eigenvalue weighted by atomic mass is 9.95. The number of hydrogen-bond acceptors (Lipinski definition) is 4. The summed E-state index contributed by atoms with van der Waals surface area (Å²) < 4.78 is 24.0. The Bertz CT molecular complexity index is 552. The van der Waals surface area contributed by atoms with E-state index in [2.05, 4.69) is 10.6 Å². The predicted octanol–water partition coefficient (Wildman–Crippen LogP) is 1.46. The summed E-state index contributed by atoms with van der Waals surface area (Å²) in [6.45, 7) is 0.0303. The summed E-state index contributed by atoms with van der Waals surface area (Å²) >= 11 is 0. The number of amides is 1. The third-order valence-electron chi connectivity index (χ3n) is 3.65. The number of hydrogen-bond donors (Lipinski definition) is 2. The van der Waals surface area contributed by atoms with E-state index in [9.17, 15) is 13.2 Å². The molecule has 0 bridgehead atoms. The molecule has 2 rings (SSSR count). The van der Waals surface area contributed by atoms with E-state index in [-0.39, 0.29) is 29.3 Å². The maximum atomic E-state index is 12.0. The van der Waals surface area contributed by atoms with E-state index in [1.165, 1.54) is 6.42 Å². The Kier molecular flexibility index (Phi) is 5.76. The lowest BCUT2D eigenvalue weighted by Gasteiger charge is -2.22. The fourth-order valence-corrected chi connectivity index (χ4v) is 3.64. The van der Waals surface area contributed by atoms with Gasteiger partial charge in [0.2, 0.25) is 5.91 Å². The minimum atomic E-state index is -3.38. The van der Waals surface area contributed by atoms with Gasteiger partial charge in [-0.2, -0.15) is 0 Å². The topological polar surface area (TPSA) is 75.3 Å². The third kappa shape index (κ3) is 5.13. The van der Waals surface area contributed by atoms with Crippen molar-refractivity contribution in [3.8, 4) is 0 Å². The smallest absolute Gasteiger partial charge is 0.234 e. The normalized spacial score (nSPS) is 16.6. The van der Waals surface area contributed by atoms with Crippen molar-refractivity contribution in [2.24, 2.45) is 0 Å². The molecular formula is C15H22N2O3S. The zero-order valence-electron chi connectivity index (χ0n) is 12.0. The second-order valence-corrected chi connectivity index (χ2v) is 7.39. The molecule has 1 aromatic rings. The second-order valence-electron chi connectivity index (χ2n) is 5.40. The summed E-state index contributed by atoms with van der Waals surface area (Å²) in [5.41, 5.74) is 0. The van der Waals surface area contributed by atoms with Gasteiger partial charge < -0.3 is 5.32 Å². The van der Waals surface area contributed by atoms with Gasteiger partial charge in [-0.25, -0.2) is 8.42 Å². The molecule has 6 heteroatoms. The average Bonchev–Trinajstić information content (AvgIpc) is 2.49. The summed E-state index contributed by atoms with van der Waals surface area (Å²) in [6.07, 6.45) is 5.59. The lowest BCUT2D eigenvalue weighted by molar-refractivity contribution is -0.121. The van der Waals surface area contributed by atoms with Crippen LogP contribution in [0.25, 0.3) is 0 Å². The van der Waals surface area contributed by atoms with E-state index in [1.54, 1.807) is 30.3 Å². The Morgan fingerprint density at radius 1 is 1.10 bits per heavy atom. The molecule has 5 nitrogen and oxygen atoms in total. The van der Waals surface area contributed by atoms with Crippen molar-refractivity contribution in [1.29, 1.82) is 0 Å². The van der Waals surface area contributed by atoms with Gasteiger partial charge in [0.1, 0.15) is 5.88 Å². The quantitative estimate of drug-likeness (QED) is 0.834. The molecule has 1 saturated carbocycles. The molecule has 0 unspecified atom stereocenters.